The van der Waals surface area contributed by atoms with Gasteiger partial charge in [0, 0.05) is 0 Å². The van der Waals surface area contributed by atoms with E-state index in [0.29, 0.717) is 10.0 Å². The maximum absolute atomic E-state index is 6.34. The van der Waals surface area contributed by atoms with Gasteiger partial charge in [0.1, 0.15) is 0 Å². The normalized spacial score (nSPS) is 11.2. The van der Waals surface area contributed by atoms with Crippen molar-refractivity contribution in [2.24, 2.45) is 0 Å². The van der Waals surface area contributed by atoms with Crippen LogP contribution >= 0.6 is 30.1 Å². The molecular weight excluding hydrogens is 402 g/mol. The van der Waals surface area contributed by atoms with E-state index in [-0.39, 0.29) is 0 Å². The van der Waals surface area contributed by atoms with Gasteiger partial charge in [-0.1, -0.05) is 120 Å². The second-order valence-electron chi connectivity index (χ2n) is 6.53. The van der Waals surface area contributed by atoms with Crippen molar-refractivity contribution in [2.45, 2.75) is 0 Å². The summed E-state index contributed by atoms with van der Waals surface area (Å²) in [7, 11) is 0. The van der Waals surface area contributed by atoms with E-state index < -0.39 is 6.89 Å². The minimum absolute atomic E-state index is 0.571. The van der Waals surface area contributed by atoms with Gasteiger partial charge >= 0.3 is 0 Å². The fraction of sp³-hybridized carbons (Fsp3) is 0. The van der Waals surface area contributed by atoms with E-state index in [4.69, 9.17) is 23.2 Å². The molecule has 4 aromatic rings. The Balaban J connectivity index is 2.12. The van der Waals surface area contributed by atoms with Gasteiger partial charge in [0.05, 0.1) is 10.0 Å². The maximum Gasteiger partial charge on any atom is 0.0598 e. The van der Waals surface area contributed by atoms with Crippen molar-refractivity contribution in [1.82, 2.24) is 0 Å². The van der Waals surface area contributed by atoms with Gasteiger partial charge < -0.3 is 0 Å². The first-order valence-corrected chi connectivity index (χ1v) is 11.7. The summed E-state index contributed by atoms with van der Waals surface area (Å²) >= 11 is 12.5. The lowest BCUT2D eigenvalue weighted by Crippen LogP contribution is -2.27. The van der Waals surface area contributed by atoms with Crippen molar-refractivity contribution in [1.29, 1.82) is 0 Å². The Kier molecular flexibility index (Phi) is 5.74. The second kappa shape index (κ2) is 8.41. The molecule has 0 aliphatic rings. The van der Waals surface area contributed by atoms with Crippen molar-refractivity contribution < 1.29 is 0 Å². The summed E-state index contributed by atoms with van der Waals surface area (Å²) in [5.41, 5.74) is 1.07. The van der Waals surface area contributed by atoms with Gasteiger partial charge in [-0.25, -0.2) is 0 Å². The molecule has 0 spiro atoms. The highest BCUT2D eigenvalue weighted by Gasteiger charge is 2.24. The predicted octanol–water partition coefficient (Wildman–Crippen LogP) is 6.14. The molecule has 3 heteroatoms. The zero-order valence-electron chi connectivity index (χ0n) is 15.2. The van der Waals surface area contributed by atoms with Gasteiger partial charge in [-0.15, -0.1) is 0 Å². The first kappa shape index (κ1) is 19.1. The smallest absolute Gasteiger partial charge is 0.0598 e. The van der Waals surface area contributed by atoms with Crippen LogP contribution in [-0.4, -0.2) is 5.80 Å². The van der Waals surface area contributed by atoms with Crippen molar-refractivity contribution >= 4 is 51.8 Å². The van der Waals surface area contributed by atoms with E-state index in [9.17, 15) is 0 Å². The minimum Gasteiger partial charge on any atom is -0.0827 e. The molecule has 0 nitrogen and oxygen atoms in total. The minimum atomic E-state index is -2.04. The van der Waals surface area contributed by atoms with Gasteiger partial charge in [0.25, 0.3) is 0 Å². The van der Waals surface area contributed by atoms with Gasteiger partial charge in [0.2, 0.25) is 0 Å². The van der Waals surface area contributed by atoms with Crippen LogP contribution < -0.4 is 15.9 Å². The number of hydrogen-bond acceptors (Lipinski definition) is 0. The van der Waals surface area contributed by atoms with Gasteiger partial charge in [-0.2, -0.15) is 0 Å². The lowest BCUT2D eigenvalue weighted by Gasteiger charge is -2.29. The van der Waals surface area contributed by atoms with E-state index in [1.807, 2.05) is 18.2 Å². The summed E-state index contributed by atoms with van der Waals surface area (Å²) in [6.07, 6.45) is 0. The van der Waals surface area contributed by atoms with Crippen LogP contribution in [0.25, 0.3) is 0 Å². The molecule has 0 atom stereocenters. The number of hydrogen-bond donors (Lipinski definition) is 0. The highest BCUT2D eigenvalue weighted by Crippen LogP contribution is 2.44. The molecule has 4 rings (SSSR count). The molecule has 4 aromatic carbocycles. The average molecular weight is 421 g/mol. The fourth-order valence-corrected chi connectivity index (χ4v) is 7.66. The maximum atomic E-state index is 6.34. The molecule has 138 valence electrons. The Morgan fingerprint density at radius 3 is 1.32 bits per heavy atom. The predicted molar refractivity (Wildman–Crippen MR) is 127 cm³/mol. The van der Waals surface area contributed by atoms with E-state index >= 15 is 0 Å². The molecular formula is C25H19Cl2P. The van der Waals surface area contributed by atoms with Crippen molar-refractivity contribution in [3.63, 3.8) is 0 Å². The third-order valence-corrected chi connectivity index (χ3v) is 9.54. The molecule has 0 unspecified atom stereocenters. The molecule has 0 saturated heterocycles. The van der Waals surface area contributed by atoms with Gasteiger partial charge in [0.15, 0.2) is 0 Å². The summed E-state index contributed by atoms with van der Waals surface area (Å²) < 4.78 is 0. The zero-order valence-corrected chi connectivity index (χ0v) is 17.6. The molecule has 0 heterocycles. The van der Waals surface area contributed by atoms with Crippen molar-refractivity contribution in [3.8, 4) is 0 Å². The second-order valence-corrected chi connectivity index (χ2v) is 10.6. The van der Waals surface area contributed by atoms with E-state index in [1.54, 1.807) is 0 Å². The van der Waals surface area contributed by atoms with Crippen molar-refractivity contribution in [3.05, 3.63) is 125 Å². The Bertz CT molecular complexity index is 1020. The molecule has 0 saturated carbocycles. The van der Waals surface area contributed by atoms with Crippen LogP contribution in [0, 0.1) is 0 Å². The molecule has 0 aliphatic heterocycles. The lowest BCUT2D eigenvalue weighted by molar-refractivity contribution is 1.68. The quantitative estimate of drug-likeness (QED) is 0.348. The summed E-state index contributed by atoms with van der Waals surface area (Å²) in [5.74, 6) is 2.38. The van der Waals surface area contributed by atoms with Crippen LogP contribution in [0.3, 0.4) is 0 Å². The Labute approximate surface area is 176 Å². The SMILES string of the molecule is Clc1ccc(C=P(c2ccccc2)(c2ccccc2)c2ccccc2)cc1Cl. The van der Waals surface area contributed by atoms with Gasteiger partial charge in [-0.3, -0.25) is 0 Å². The molecule has 0 N–H and O–H groups in total. The largest absolute Gasteiger partial charge is 0.0827 e. The monoisotopic (exact) mass is 420 g/mol. The van der Waals surface area contributed by atoms with E-state index in [2.05, 4.69) is 96.8 Å². The van der Waals surface area contributed by atoms with Crippen LogP contribution in [-0.2, 0) is 0 Å². The molecule has 0 aliphatic carbocycles. The number of halogens is 2. The lowest BCUT2D eigenvalue weighted by atomic mass is 10.2. The van der Waals surface area contributed by atoms with Crippen LogP contribution in [0.15, 0.2) is 109 Å². The molecule has 0 amide bonds. The highest BCUT2D eigenvalue weighted by atomic mass is 35.5. The molecule has 0 fully saturated rings. The average Bonchev–Trinajstić information content (AvgIpc) is 2.76. The number of benzene rings is 4. The molecule has 28 heavy (non-hydrogen) atoms. The fourth-order valence-electron chi connectivity index (χ4n) is 3.48. The van der Waals surface area contributed by atoms with Crippen LogP contribution in [0.5, 0.6) is 0 Å². The van der Waals surface area contributed by atoms with Crippen molar-refractivity contribution in [2.75, 3.05) is 0 Å². The molecule has 0 radical (unpaired) electrons. The first-order chi connectivity index (χ1) is 13.7. The van der Waals surface area contributed by atoms with Gasteiger partial charge in [-0.05, 0) is 46.3 Å². The van der Waals surface area contributed by atoms with E-state index in [1.165, 1.54) is 15.9 Å². The van der Waals surface area contributed by atoms with Crippen LogP contribution in [0.4, 0.5) is 0 Å². The topological polar surface area (TPSA) is 0 Å². The first-order valence-electron chi connectivity index (χ1n) is 9.07. The van der Waals surface area contributed by atoms with Crippen LogP contribution in [0.2, 0.25) is 10.0 Å². The van der Waals surface area contributed by atoms with Crippen LogP contribution in [0.1, 0.15) is 5.56 Å². The number of rotatable bonds is 4. The highest BCUT2D eigenvalue weighted by molar-refractivity contribution is 7.94. The summed E-state index contributed by atoms with van der Waals surface area (Å²) in [6, 6.07) is 38.0. The Morgan fingerprint density at radius 2 is 0.929 bits per heavy atom. The summed E-state index contributed by atoms with van der Waals surface area (Å²) in [4.78, 5) is 0. The third kappa shape index (κ3) is 3.69. The Morgan fingerprint density at radius 1 is 0.500 bits per heavy atom. The summed E-state index contributed by atoms with van der Waals surface area (Å²) in [5, 5.41) is 5.06. The third-order valence-electron chi connectivity index (χ3n) is 4.78. The molecule has 0 aromatic heterocycles. The molecule has 0 bridgehead atoms. The summed E-state index contributed by atoms with van der Waals surface area (Å²) in [6.45, 7) is -2.04. The zero-order chi connectivity index (χ0) is 19.4. The van der Waals surface area contributed by atoms with E-state index in [0.717, 1.165) is 5.56 Å². The standard InChI is InChI=1S/C25H19Cl2P/c26-24-17-16-20(18-25(24)27)19-28(21-10-4-1-5-11-21,22-12-6-2-7-13-22)23-14-8-3-9-15-23/h1-19H. The Hall–Kier alpha value is -2.24.